The molecule has 9 heteroatoms. The number of anilines is 9. The van der Waals surface area contributed by atoms with Gasteiger partial charge < -0.3 is 33.6 Å². The van der Waals surface area contributed by atoms with Gasteiger partial charge in [-0.2, -0.15) is 10.5 Å². The molecule has 0 bridgehead atoms. The quantitative estimate of drug-likeness (QED) is 0.147. The number of benzene rings is 13. The molecule has 0 aliphatic carbocycles. The fourth-order valence-electron chi connectivity index (χ4n) is 13.5. The van der Waals surface area contributed by atoms with Crippen molar-refractivity contribution >= 4 is 51.2 Å². The van der Waals surface area contributed by atoms with Gasteiger partial charge in [0.2, 0.25) is 0 Å². The van der Waals surface area contributed by atoms with Crippen LogP contribution in [0.1, 0.15) is 33.7 Å². The van der Waals surface area contributed by atoms with E-state index < -0.39 is 0 Å². The van der Waals surface area contributed by atoms with Crippen LogP contribution in [0.25, 0.3) is 44.5 Å². The van der Waals surface area contributed by atoms with Crippen molar-refractivity contribution in [3.05, 3.63) is 319 Å². The molecule has 0 aromatic heterocycles. The van der Waals surface area contributed by atoms with E-state index in [0.717, 1.165) is 136 Å². The lowest BCUT2D eigenvalue weighted by Crippen LogP contribution is -2.15. The van der Waals surface area contributed by atoms with Crippen LogP contribution in [0.2, 0.25) is 0 Å². The molecule has 4 aliphatic heterocycles. The third-order valence-electron chi connectivity index (χ3n) is 17.5. The molecule has 13 aromatic rings. The predicted molar refractivity (Wildman–Crippen MR) is 356 cm³/mol. The Bertz CT molecular complexity index is 4320. The van der Waals surface area contributed by atoms with Crippen molar-refractivity contribution in [3.63, 3.8) is 0 Å². The SMILES string of the molecule is N#Cc1c(-c2ccc(C3c4ccccc4Oc4ccccc43)cc2)c(-c2ccc(N3c4ccccc4Oc4ccccc43)cc2)c(C#N)c(-c2ccc(N3c4ccccc4Oc4ccccc43)cc2)c1-c1ccc(N2c3ccccc3Oc3ccccc32)cc1. The van der Waals surface area contributed by atoms with Gasteiger partial charge in [-0.05, 0) is 149 Å². The monoisotopic (exact) mass is 1160 g/mol. The molecule has 17 rings (SSSR count). The van der Waals surface area contributed by atoms with Gasteiger partial charge in [0, 0.05) is 56.4 Å². The molecule has 0 fully saturated rings. The number of ether oxygens (including phenoxy) is 4. The van der Waals surface area contributed by atoms with Crippen molar-refractivity contribution in [2.24, 2.45) is 0 Å². The first-order chi connectivity index (χ1) is 44.6. The molecule has 4 aliphatic rings. The fourth-order valence-corrected chi connectivity index (χ4v) is 13.5. The number of fused-ring (bicyclic) bond motifs is 8. The Morgan fingerprint density at radius 3 is 0.733 bits per heavy atom. The van der Waals surface area contributed by atoms with Crippen LogP contribution >= 0.6 is 0 Å². The molecular weight excluding hydrogens is 1110 g/mol. The molecule has 422 valence electrons. The molecule has 0 saturated heterocycles. The summed E-state index contributed by atoms with van der Waals surface area (Å²) >= 11 is 0. The normalized spacial score (nSPS) is 12.9. The summed E-state index contributed by atoms with van der Waals surface area (Å²) in [5.74, 6) is 5.94. The van der Waals surface area contributed by atoms with Gasteiger partial charge in [0.15, 0.2) is 34.5 Å². The maximum absolute atomic E-state index is 12.3. The zero-order chi connectivity index (χ0) is 59.8. The standard InChI is InChI=1S/C81H49N5O4/c82-49-61-78(52-35-33-51(34-36-52)77-59-17-1-9-25-69(59)87-70-26-10-2-18-60(70)77)79(53-37-43-56(44-38-53)84-63-19-3-11-27-71(63)88-72-28-12-4-20-64(72)84)62(50-83)81(55-41-47-58(48-42-55)86-67-23-7-15-31-75(67)90-76-32-16-8-24-68(76)86)80(61)54-39-45-57(46-40-54)85-65-21-5-13-29-73(65)89-74-30-14-6-22-66(74)85/h1-48,77H. The second-order valence-electron chi connectivity index (χ2n) is 22.5. The first kappa shape index (κ1) is 51.8. The number of nitriles is 2. The van der Waals surface area contributed by atoms with Gasteiger partial charge in [-0.15, -0.1) is 0 Å². The Labute approximate surface area is 520 Å². The van der Waals surface area contributed by atoms with Crippen LogP contribution in [0.3, 0.4) is 0 Å². The van der Waals surface area contributed by atoms with E-state index in [1.165, 1.54) is 0 Å². The van der Waals surface area contributed by atoms with Crippen molar-refractivity contribution < 1.29 is 18.9 Å². The summed E-state index contributed by atoms with van der Waals surface area (Å²) in [6.45, 7) is 0. The van der Waals surface area contributed by atoms with Crippen LogP contribution < -0.4 is 33.6 Å². The van der Waals surface area contributed by atoms with Gasteiger partial charge >= 0.3 is 0 Å². The molecule has 4 heterocycles. The average Bonchev–Trinajstić information content (AvgIpc) is 0.820. The topological polar surface area (TPSA) is 94.2 Å². The summed E-state index contributed by atoms with van der Waals surface area (Å²) in [6.07, 6.45) is 0. The average molecular weight is 1160 g/mol. The number of para-hydroxylation sites is 14. The number of nitrogens with zero attached hydrogens (tertiary/aromatic N) is 5. The van der Waals surface area contributed by atoms with E-state index in [2.05, 4.69) is 185 Å². The summed E-state index contributed by atoms with van der Waals surface area (Å²) in [4.78, 5) is 6.61. The molecule has 0 saturated carbocycles. The van der Waals surface area contributed by atoms with Crippen molar-refractivity contribution in [2.75, 3.05) is 14.7 Å². The first-order valence-electron chi connectivity index (χ1n) is 29.9. The van der Waals surface area contributed by atoms with E-state index in [4.69, 9.17) is 18.9 Å². The van der Waals surface area contributed by atoms with Gasteiger partial charge in [0.25, 0.3) is 0 Å². The fraction of sp³-hybridized carbons (Fsp3) is 0.0123. The summed E-state index contributed by atoms with van der Waals surface area (Å²) in [5.41, 5.74) is 17.7. The molecule has 9 nitrogen and oxygen atoms in total. The van der Waals surface area contributed by atoms with Gasteiger partial charge in [-0.3, -0.25) is 0 Å². The van der Waals surface area contributed by atoms with Crippen LogP contribution in [-0.4, -0.2) is 0 Å². The third kappa shape index (κ3) is 8.37. The molecule has 0 N–H and O–H groups in total. The van der Waals surface area contributed by atoms with E-state index >= 15 is 0 Å². The highest BCUT2D eigenvalue weighted by molar-refractivity contribution is 6.05. The van der Waals surface area contributed by atoms with Gasteiger partial charge in [0.05, 0.1) is 45.3 Å². The van der Waals surface area contributed by atoms with E-state index in [9.17, 15) is 10.5 Å². The highest BCUT2D eigenvalue weighted by atomic mass is 16.5. The van der Waals surface area contributed by atoms with Crippen molar-refractivity contribution in [2.45, 2.75) is 5.92 Å². The molecule has 0 amide bonds. The highest BCUT2D eigenvalue weighted by Crippen LogP contribution is 2.56. The van der Waals surface area contributed by atoms with Crippen molar-refractivity contribution in [1.82, 2.24) is 0 Å². The summed E-state index contributed by atoms with van der Waals surface area (Å²) < 4.78 is 25.8. The Balaban J connectivity index is 0.896. The molecule has 13 aromatic carbocycles. The molecule has 0 spiro atoms. The molecule has 0 radical (unpaired) electrons. The maximum atomic E-state index is 12.3. The summed E-state index contributed by atoms with van der Waals surface area (Å²) in [6, 6.07) is 104. The lowest BCUT2D eigenvalue weighted by atomic mass is 9.77. The minimum Gasteiger partial charge on any atom is -0.457 e. The second kappa shape index (κ2) is 21.1. The zero-order valence-electron chi connectivity index (χ0n) is 48.2. The Morgan fingerprint density at radius 1 is 0.244 bits per heavy atom. The van der Waals surface area contributed by atoms with Crippen LogP contribution in [0.4, 0.5) is 51.2 Å². The Kier molecular flexibility index (Phi) is 12.2. The van der Waals surface area contributed by atoms with Crippen LogP contribution in [0.5, 0.6) is 46.0 Å². The molecule has 90 heavy (non-hydrogen) atoms. The van der Waals surface area contributed by atoms with Crippen molar-refractivity contribution in [3.8, 4) is 103 Å². The van der Waals surface area contributed by atoms with E-state index in [1.807, 2.05) is 133 Å². The maximum Gasteiger partial charge on any atom is 0.151 e. The highest BCUT2D eigenvalue weighted by Gasteiger charge is 2.34. The first-order valence-corrected chi connectivity index (χ1v) is 29.9. The van der Waals surface area contributed by atoms with E-state index in [-0.39, 0.29) is 5.92 Å². The minimum absolute atomic E-state index is 0.128. The lowest BCUT2D eigenvalue weighted by Gasteiger charge is -2.33. The number of hydrogen-bond acceptors (Lipinski definition) is 9. The molecule has 0 atom stereocenters. The summed E-state index contributed by atoms with van der Waals surface area (Å²) in [5, 5.41) is 24.6. The van der Waals surface area contributed by atoms with Gasteiger partial charge in [-0.1, -0.05) is 170 Å². The van der Waals surface area contributed by atoms with Crippen LogP contribution in [0, 0.1) is 22.7 Å². The lowest BCUT2D eigenvalue weighted by molar-refractivity contribution is 0.453. The predicted octanol–water partition coefficient (Wildman–Crippen LogP) is 22.1. The Hall–Kier alpha value is -12.6. The largest absolute Gasteiger partial charge is 0.457 e. The second-order valence-corrected chi connectivity index (χ2v) is 22.5. The smallest absolute Gasteiger partial charge is 0.151 e. The number of hydrogen-bond donors (Lipinski definition) is 0. The van der Waals surface area contributed by atoms with Gasteiger partial charge in [-0.25, -0.2) is 0 Å². The van der Waals surface area contributed by atoms with Gasteiger partial charge in [0.1, 0.15) is 23.6 Å². The van der Waals surface area contributed by atoms with E-state index in [1.54, 1.807) is 0 Å². The minimum atomic E-state index is -0.128. The zero-order valence-corrected chi connectivity index (χ0v) is 48.2. The summed E-state index contributed by atoms with van der Waals surface area (Å²) in [7, 11) is 0. The third-order valence-corrected chi connectivity index (χ3v) is 17.5. The van der Waals surface area contributed by atoms with Crippen LogP contribution in [0.15, 0.2) is 291 Å². The number of rotatable bonds is 8. The van der Waals surface area contributed by atoms with Crippen LogP contribution in [-0.2, 0) is 0 Å². The Morgan fingerprint density at radius 2 is 0.467 bits per heavy atom. The van der Waals surface area contributed by atoms with E-state index in [0.29, 0.717) is 33.4 Å². The molecule has 0 unspecified atom stereocenters. The van der Waals surface area contributed by atoms with Crippen molar-refractivity contribution in [1.29, 1.82) is 10.5 Å². The molecular formula is C81H49N5O4.